The molecular formula is C16H27ClN2O. The molecule has 0 aliphatic carbocycles. The van der Waals surface area contributed by atoms with Crippen LogP contribution >= 0.6 is 12.4 Å². The summed E-state index contributed by atoms with van der Waals surface area (Å²) < 4.78 is 5.59. The molecule has 1 unspecified atom stereocenters. The molecule has 0 bridgehead atoms. The number of nitrogens with two attached hydrogens (primary N) is 1. The minimum Gasteiger partial charge on any atom is -0.374 e. The van der Waals surface area contributed by atoms with Crippen LogP contribution in [0.15, 0.2) is 24.3 Å². The van der Waals surface area contributed by atoms with Crippen LogP contribution in [0.25, 0.3) is 0 Å². The van der Waals surface area contributed by atoms with Crippen LogP contribution < -0.4 is 5.73 Å². The lowest BCUT2D eigenvalue weighted by atomic mass is 9.87. The van der Waals surface area contributed by atoms with E-state index in [-0.39, 0.29) is 23.9 Å². The highest BCUT2D eigenvalue weighted by molar-refractivity contribution is 5.85. The van der Waals surface area contributed by atoms with Gasteiger partial charge in [-0.05, 0) is 16.5 Å². The van der Waals surface area contributed by atoms with Gasteiger partial charge in [-0.3, -0.25) is 4.90 Å². The first-order valence-electron chi connectivity index (χ1n) is 7.12. The average molecular weight is 299 g/mol. The second-order valence-corrected chi connectivity index (χ2v) is 6.41. The summed E-state index contributed by atoms with van der Waals surface area (Å²) in [7, 11) is 0. The Bertz CT molecular complexity index is 400. The van der Waals surface area contributed by atoms with Crippen molar-refractivity contribution < 1.29 is 4.74 Å². The van der Waals surface area contributed by atoms with Crippen molar-refractivity contribution in [1.82, 2.24) is 4.90 Å². The van der Waals surface area contributed by atoms with E-state index in [0.717, 1.165) is 26.2 Å². The first-order valence-corrected chi connectivity index (χ1v) is 7.12. The van der Waals surface area contributed by atoms with Crippen LogP contribution in [0, 0.1) is 0 Å². The third-order valence-electron chi connectivity index (χ3n) is 3.71. The second kappa shape index (κ2) is 7.41. The van der Waals surface area contributed by atoms with Crippen molar-refractivity contribution in [1.29, 1.82) is 0 Å². The number of hydrogen-bond acceptors (Lipinski definition) is 3. The van der Waals surface area contributed by atoms with Gasteiger partial charge in [0.2, 0.25) is 0 Å². The van der Waals surface area contributed by atoms with Crippen LogP contribution in [0.4, 0.5) is 0 Å². The Labute approximate surface area is 128 Å². The maximum absolute atomic E-state index is 5.67. The van der Waals surface area contributed by atoms with E-state index in [1.807, 2.05) is 0 Å². The number of nitrogens with zero attached hydrogens (tertiary/aromatic N) is 1. The van der Waals surface area contributed by atoms with Crippen molar-refractivity contribution in [2.75, 3.05) is 26.2 Å². The minimum absolute atomic E-state index is 0. The van der Waals surface area contributed by atoms with Crippen molar-refractivity contribution in [2.24, 2.45) is 5.73 Å². The van der Waals surface area contributed by atoms with Crippen LogP contribution in [0.3, 0.4) is 0 Å². The molecule has 0 spiro atoms. The van der Waals surface area contributed by atoms with Crippen molar-refractivity contribution in [2.45, 2.75) is 38.8 Å². The Balaban J connectivity index is 0.00000200. The molecule has 1 aliphatic rings. The number of morpholine rings is 1. The zero-order valence-electron chi connectivity index (χ0n) is 12.8. The van der Waals surface area contributed by atoms with Gasteiger partial charge in [-0.15, -0.1) is 12.4 Å². The predicted octanol–water partition coefficient (Wildman–Crippen LogP) is 2.57. The Kier molecular flexibility index (Phi) is 6.46. The maximum Gasteiger partial charge on any atom is 0.0824 e. The number of benzene rings is 1. The van der Waals surface area contributed by atoms with Gasteiger partial charge >= 0.3 is 0 Å². The average Bonchev–Trinajstić information content (AvgIpc) is 2.38. The van der Waals surface area contributed by atoms with E-state index in [1.54, 1.807) is 0 Å². The summed E-state index contributed by atoms with van der Waals surface area (Å²) in [6.45, 7) is 11.1. The largest absolute Gasteiger partial charge is 0.374 e. The fraction of sp³-hybridized carbons (Fsp3) is 0.625. The van der Waals surface area contributed by atoms with Gasteiger partial charge in [0.15, 0.2) is 0 Å². The normalized spacial score (nSPS) is 20.5. The van der Waals surface area contributed by atoms with Gasteiger partial charge in [-0.1, -0.05) is 45.0 Å². The number of ether oxygens (including phenoxy) is 1. The summed E-state index contributed by atoms with van der Waals surface area (Å²) in [6.07, 6.45) is 0.197. The molecule has 4 heteroatoms. The molecule has 0 saturated carbocycles. The van der Waals surface area contributed by atoms with Crippen LogP contribution in [0.1, 0.15) is 31.9 Å². The van der Waals surface area contributed by atoms with Crippen molar-refractivity contribution >= 4 is 12.4 Å². The molecule has 3 nitrogen and oxygen atoms in total. The second-order valence-electron chi connectivity index (χ2n) is 6.41. The Morgan fingerprint density at radius 3 is 2.45 bits per heavy atom. The van der Waals surface area contributed by atoms with E-state index in [9.17, 15) is 0 Å². The molecule has 1 aromatic rings. The summed E-state index contributed by atoms with van der Waals surface area (Å²) in [5.74, 6) is 0. The Hall–Kier alpha value is -0.610. The highest BCUT2D eigenvalue weighted by Gasteiger charge is 2.19. The fourth-order valence-corrected chi connectivity index (χ4v) is 2.43. The van der Waals surface area contributed by atoms with Crippen LogP contribution in [0.5, 0.6) is 0 Å². The molecule has 114 valence electrons. The molecule has 1 heterocycles. The molecule has 1 aromatic carbocycles. The summed E-state index contributed by atoms with van der Waals surface area (Å²) in [5, 5.41) is 0. The fourth-order valence-electron chi connectivity index (χ4n) is 2.43. The molecule has 1 saturated heterocycles. The number of rotatable bonds is 3. The van der Waals surface area contributed by atoms with Crippen LogP contribution in [-0.4, -0.2) is 37.2 Å². The number of halogens is 1. The lowest BCUT2D eigenvalue weighted by molar-refractivity contribution is -0.0260. The van der Waals surface area contributed by atoms with Crippen molar-refractivity contribution in [3.05, 3.63) is 35.4 Å². The van der Waals surface area contributed by atoms with Gasteiger partial charge in [0.25, 0.3) is 0 Å². The highest BCUT2D eigenvalue weighted by Crippen LogP contribution is 2.22. The monoisotopic (exact) mass is 298 g/mol. The van der Waals surface area contributed by atoms with Gasteiger partial charge in [0.05, 0.1) is 12.7 Å². The minimum atomic E-state index is 0. The van der Waals surface area contributed by atoms with Crippen molar-refractivity contribution in [3.8, 4) is 0 Å². The molecule has 1 atom stereocenters. The van der Waals surface area contributed by atoms with Gasteiger partial charge in [-0.25, -0.2) is 0 Å². The molecule has 1 aliphatic heterocycles. The number of hydrogen-bond donors (Lipinski definition) is 1. The SMILES string of the molecule is CC(C)(C)c1ccc(CN2CCOC(CN)C2)cc1.Cl. The Morgan fingerprint density at radius 2 is 1.90 bits per heavy atom. The molecular weight excluding hydrogens is 272 g/mol. The zero-order valence-corrected chi connectivity index (χ0v) is 13.6. The smallest absolute Gasteiger partial charge is 0.0824 e. The van der Waals surface area contributed by atoms with E-state index in [2.05, 4.69) is 49.9 Å². The first kappa shape index (κ1) is 17.4. The van der Waals surface area contributed by atoms with E-state index < -0.39 is 0 Å². The third kappa shape index (κ3) is 4.74. The van der Waals surface area contributed by atoms with Gasteiger partial charge in [-0.2, -0.15) is 0 Å². The summed E-state index contributed by atoms with van der Waals surface area (Å²) in [5.41, 5.74) is 8.65. The first-order chi connectivity index (χ1) is 8.99. The summed E-state index contributed by atoms with van der Waals surface area (Å²) in [6, 6.07) is 8.98. The highest BCUT2D eigenvalue weighted by atomic mass is 35.5. The predicted molar refractivity (Wildman–Crippen MR) is 86.5 cm³/mol. The molecule has 1 fully saturated rings. The molecule has 2 rings (SSSR count). The molecule has 0 aromatic heterocycles. The maximum atomic E-state index is 5.67. The standard InChI is InChI=1S/C16H26N2O.ClH/c1-16(2,3)14-6-4-13(5-7-14)11-18-8-9-19-15(10-17)12-18;/h4-7,15H,8-12,17H2,1-3H3;1H. The molecule has 0 amide bonds. The topological polar surface area (TPSA) is 38.5 Å². The third-order valence-corrected chi connectivity index (χ3v) is 3.71. The van der Waals surface area contributed by atoms with Crippen LogP contribution in [-0.2, 0) is 16.7 Å². The van der Waals surface area contributed by atoms with E-state index in [4.69, 9.17) is 10.5 Å². The Morgan fingerprint density at radius 1 is 1.25 bits per heavy atom. The summed E-state index contributed by atoms with van der Waals surface area (Å²) >= 11 is 0. The van der Waals surface area contributed by atoms with Crippen LogP contribution in [0.2, 0.25) is 0 Å². The van der Waals surface area contributed by atoms with E-state index in [0.29, 0.717) is 6.54 Å². The van der Waals surface area contributed by atoms with Gasteiger partial charge in [0, 0.05) is 26.2 Å². The lowest BCUT2D eigenvalue weighted by Crippen LogP contribution is -2.45. The summed E-state index contributed by atoms with van der Waals surface area (Å²) in [4.78, 5) is 2.42. The van der Waals surface area contributed by atoms with E-state index in [1.165, 1.54) is 11.1 Å². The van der Waals surface area contributed by atoms with Gasteiger partial charge < -0.3 is 10.5 Å². The quantitative estimate of drug-likeness (QED) is 0.932. The van der Waals surface area contributed by atoms with E-state index >= 15 is 0 Å². The van der Waals surface area contributed by atoms with Crippen molar-refractivity contribution in [3.63, 3.8) is 0 Å². The molecule has 20 heavy (non-hydrogen) atoms. The molecule has 2 N–H and O–H groups in total. The van der Waals surface area contributed by atoms with Gasteiger partial charge in [0.1, 0.15) is 0 Å². The zero-order chi connectivity index (χ0) is 13.9. The molecule has 0 radical (unpaired) electrons. The lowest BCUT2D eigenvalue weighted by Gasteiger charge is -2.32.